The summed E-state index contributed by atoms with van der Waals surface area (Å²) < 4.78 is 5.77. The number of carbonyl (C=O) groups is 2. The van der Waals surface area contributed by atoms with Crippen molar-refractivity contribution in [1.82, 2.24) is 9.88 Å². The van der Waals surface area contributed by atoms with E-state index in [0.29, 0.717) is 35.8 Å². The van der Waals surface area contributed by atoms with Gasteiger partial charge in [0.15, 0.2) is 11.6 Å². The number of fused-ring (bicyclic) bond motifs is 1. The number of anilines is 2. The Morgan fingerprint density at radius 3 is 2.44 bits per heavy atom. The predicted octanol–water partition coefficient (Wildman–Crippen LogP) is 2.34. The Hall–Kier alpha value is -3.09. The highest BCUT2D eigenvalue weighted by Crippen LogP contribution is 2.35. The minimum atomic E-state index is -0.456. The first kappa shape index (κ1) is 17.3. The van der Waals surface area contributed by atoms with Crippen LogP contribution in [0.4, 0.5) is 11.5 Å². The summed E-state index contributed by atoms with van der Waals surface area (Å²) in [7, 11) is 0. The van der Waals surface area contributed by atoms with Crippen molar-refractivity contribution in [1.29, 1.82) is 0 Å². The number of primary amides is 1. The molecule has 1 fully saturated rings. The van der Waals surface area contributed by atoms with Gasteiger partial charge in [0.2, 0.25) is 5.91 Å². The van der Waals surface area contributed by atoms with Crippen LogP contribution in [0.5, 0.6) is 5.75 Å². The van der Waals surface area contributed by atoms with Crippen LogP contribution in [0.2, 0.25) is 0 Å². The Balaban J connectivity index is 1.59. The zero-order chi connectivity index (χ0) is 18.8. The van der Waals surface area contributed by atoms with Crippen molar-refractivity contribution in [2.24, 2.45) is 5.73 Å². The van der Waals surface area contributed by atoms with E-state index in [9.17, 15) is 9.59 Å². The molecule has 0 spiro atoms. The molecule has 2 aliphatic heterocycles. The lowest BCUT2D eigenvalue weighted by Gasteiger charge is -2.31. The maximum Gasteiger partial charge on any atom is 0.255 e. The Bertz CT molecular complexity index is 860. The number of likely N-dealkylation sites (tertiary alicyclic amines) is 1. The molecule has 0 radical (unpaired) electrons. The van der Waals surface area contributed by atoms with Crippen LogP contribution in [0.1, 0.15) is 40.0 Å². The summed E-state index contributed by atoms with van der Waals surface area (Å²) in [5.41, 5.74) is 7.22. The minimum Gasteiger partial charge on any atom is -0.488 e. The number of rotatable bonds is 3. The molecule has 4 rings (SSSR count). The summed E-state index contributed by atoms with van der Waals surface area (Å²) in [6.45, 7) is 2.73. The highest BCUT2D eigenvalue weighted by molar-refractivity contribution is 5.95. The molecular formula is C20H22N4O3. The number of aromatic nitrogens is 1. The van der Waals surface area contributed by atoms with Gasteiger partial charge >= 0.3 is 0 Å². The Labute approximate surface area is 157 Å². The predicted molar refractivity (Wildman–Crippen MR) is 101 cm³/mol. The molecule has 0 bridgehead atoms. The fourth-order valence-corrected chi connectivity index (χ4v) is 3.55. The fourth-order valence-electron chi connectivity index (χ4n) is 3.55. The van der Waals surface area contributed by atoms with Gasteiger partial charge in [0.05, 0.1) is 12.1 Å². The molecule has 1 aromatic carbocycles. The van der Waals surface area contributed by atoms with Gasteiger partial charge in [-0.2, -0.15) is 0 Å². The minimum absolute atomic E-state index is 0.0107. The van der Waals surface area contributed by atoms with Crippen LogP contribution in [-0.2, 0) is 0 Å². The second kappa shape index (κ2) is 7.26. The molecule has 1 saturated heterocycles. The van der Waals surface area contributed by atoms with Crippen LogP contribution in [-0.4, -0.2) is 47.9 Å². The zero-order valence-electron chi connectivity index (χ0n) is 15.1. The van der Waals surface area contributed by atoms with E-state index < -0.39 is 5.91 Å². The van der Waals surface area contributed by atoms with Gasteiger partial charge in [0, 0.05) is 30.5 Å². The number of piperidine rings is 1. The third-order valence-electron chi connectivity index (χ3n) is 5.01. The van der Waals surface area contributed by atoms with Gasteiger partial charge in [0.1, 0.15) is 6.61 Å². The summed E-state index contributed by atoms with van der Waals surface area (Å²) in [6, 6.07) is 8.85. The molecule has 2 aromatic rings. The monoisotopic (exact) mass is 366 g/mol. The quantitative estimate of drug-likeness (QED) is 0.901. The van der Waals surface area contributed by atoms with Gasteiger partial charge in [-0.05, 0) is 49.6 Å². The van der Waals surface area contributed by atoms with Gasteiger partial charge in [-0.3, -0.25) is 9.59 Å². The molecule has 0 unspecified atom stereocenters. The van der Waals surface area contributed by atoms with Gasteiger partial charge in [-0.1, -0.05) is 0 Å². The average molecular weight is 366 g/mol. The lowest BCUT2D eigenvalue weighted by Crippen LogP contribution is -2.36. The molecule has 1 aromatic heterocycles. The largest absolute Gasteiger partial charge is 0.488 e. The zero-order valence-corrected chi connectivity index (χ0v) is 15.1. The molecule has 7 heteroatoms. The van der Waals surface area contributed by atoms with E-state index in [1.807, 2.05) is 21.9 Å². The highest BCUT2D eigenvalue weighted by atomic mass is 16.5. The maximum atomic E-state index is 12.7. The van der Waals surface area contributed by atoms with Crippen molar-refractivity contribution in [3.8, 4) is 5.75 Å². The smallest absolute Gasteiger partial charge is 0.255 e. The molecule has 0 saturated carbocycles. The molecule has 2 amide bonds. The number of pyridine rings is 1. The first-order valence-corrected chi connectivity index (χ1v) is 9.23. The van der Waals surface area contributed by atoms with Crippen molar-refractivity contribution >= 4 is 23.3 Å². The van der Waals surface area contributed by atoms with Crippen molar-refractivity contribution in [3.63, 3.8) is 0 Å². The fraction of sp³-hybridized carbons (Fsp3) is 0.350. The Kier molecular flexibility index (Phi) is 4.66. The molecule has 27 heavy (non-hydrogen) atoms. The lowest BCUT2D eigenvalue weighted by atomic mass is 10.1. The lowest BCUT2D eigenvalue weighted by molar-refractivity contribution is 0.0723. The summed E-state index contributed by atoms with van der Waals surface area (Å²) in [6.07, 6.45) is 4.90. The van der Waals surface area contributed by atoms with E-state index >= 15 is 0 Å². The van der Waals surface area contributed by atoms with E-state index in [-0.39, 0.29) is 5.91 Å². The van der Waals surface area contributed by atoms with Crippen LogP contribution in [0.15, 0.2) is 36.5 Å². The van der Waals surface area contributed by atoms with Gasteiger partial charge in [-0.15, -0.1) is 0 Å². The normalized spacial score (nSPS) is 16.4. The number of amides is 2. The van der Waals surface area contributed by atoms with Crippen LogP contribution in [0, 0.1) is 0 Å². The standard InChI is InChI=1S/C20H22N4O3/c21-18(25)14-4-6-16(7-5-14)24-10-11-27-17-12-15(13-22-19(17)24)20(26)23-8-2-1-3-9-23/h4-7,12-13H,1-3,8-11H2,(H2,21,25). The van der Waals surface area contributed by atoms with Crippen LogP contribution >= 0.6 is 0 Å². The SMILES string of the molecule is NC(=O)c1ccc(N2CCOc3cc(C(=O)N4CCCCC4)cnc32)cc1. The third kappa shape index (κ3) is 3.45. The van der Waals surface area contributed by atoms with Crippen molar-refractivity contribution in [3.05, 3.63) is 47.7 Å². The number of hydrogen-bond acceptors (Lipinski definition) is 5. The molecule has 7 nitrogen and oxygen atoms in total. The molecular weight excluding hydrogens is 344 g/mol. The summed E-state index contributed by atoms with van der Waals surface area (Å²) in [5, 5.41) is 0. The summed E-state index contributed by atoms with van der Waals surface area (Å²) in [4.78, 5) is 32.4. The maximum absolute atomic E-state index is 12.7. The van der Waals surface area contributed by atoms with Crippen LogP contribution in [0.25, 0.3) is 0 Å². The van der Waals surface area contributed by atoms with Crippen LogP contribution < -0.4 is 15.4 Å². The number of nitrogens with two attached hydrogens (primary N) is 1. The van der Waals surface area contributed by atoms with Gasteiger partial charge in [-0.25, -0.2) is 4.98 Å². The Morgan fingerprint density at radius 2 is 1.74 bits per heavy atom. The Morgan fingerprint density at radius 1 is 1.00 bits per heavy atom. The number of nitrogens with zero attached hydrogens (tertiary/aromatic N) is 3. The first-order valence-electron chi connectivity index (χ1n) is 9.23. The number of hydrogen-bond donors (Lipinski definition) is 1. The molecule has 0 atom stereocenters. The van der Waals surface area contributed by atoms with E-state index in [1.54, 1.807) is 24.4 Å². The van der Waals surface area contributed by atoms with E-state index in [2.05, 4.69) is 4.98 Å². The summed E-state index contributed by atoms with van der Waals surface area (Å²) >= 11 is 0. The summed E-state index contributed by atoms with van der Waals surface area (Å²) in [5.74, 6) is 0.825. The molecule has 140 valence electrons. The van der Waals surface area contributed by atoms with Crippen molar-refractivity contribution < 1.29 is 14.3 Å². The molecule has 2 aliphatic rings. The van der Waals surface area contributed by atoms with E-state index in [4.69, 9.17) is 10.5 Å². The number of ether oxygens (including phenoxy) is 1. The molecule has 3 heterocycles. The van der Waals surface area contributed by atoms with Gasteiger partial charge in [0.25, 0.3) is 5.91 Å². The van der Waals surface area contributed by atoms with Gasteiger partial charge < -0.3 is 20.3 Å². The first-order chi connectivity index (χ1) is 13.1. The molecule has 0 aliphatic carbocycles. The molecule has 2 N–H and O–H groups in total. The van der Waals surface area contributed by atoms with Crippen molar-refractivity contribution in [2.75, 3.05) is 31.1 Å². The second-order valence-electron chi connectivity index (χ2n) is 6.81. The highest BCUT2D eigenvalue weighted by Gasteiger charge is 2.25. The third-order valence-corrected chi connectivity index (χ3v) is 5.01. The van der Waals surface area contributed by atoms with Crippen molar-refractivity contribution in [2.45, 2.75) is 19.3 Å². The second-order valence-corrected chi connectivity index (χ2v) is 6.81. The number of carbonyl (C=O) groups excluding carboxylic acids is 2. The number of benzene rings is 1. The average Bonchev–Trinajstić information content (AvgIpc) is 2.73. The van der Waals surface area contributed by atoms with E-state index in [0.717, 1.165) is 31.6 Å². The van der Waals surface area contributed by atoms with Crippen LogP contribution in [0.3, 0.4) is 0 Å². The topological polar surface area (TPSA) is 88.8 Å². The van der Waals surface area contributed by atoms with E-state index in [1.165, 1.54) is 6.42 Å².